The van der Waals surface area contributed by atoms with Gasteiger partial charge in [0.05, 0.1) is 25.0 Å². The zero-order chi connectivity index (χ0) is 18.5. The summed E-state index contributed by atoms with van der Waals surface area (Å²) in [5.41, 5.74) is 13.1. The zero-order valence-corrected chi connectivity index (χ0v) is 14.2. The molecule has 2 aromatic heterocycles. The smallest absolute Gasteiger partial charge is 0.278 e. The van der Waals surface area contributed by atoms with Crippen LogP contribution in [0.5, 0.6) is 5.75 Å². The molecule has 0 bridgehead atoms. The van der Waals surface area contributed by atoms with Gasteiger partial charge in [-0.15, -0.1) is 0 Å². The number of rotatable bonds is 6. The molecule has 0 aliphatic carbocycles. The summed E-state index contributed by atoms with van der Waals surface area (Å²) < 4.78 is 6.94. The van der Waals surface area contributed by atoms with Gasteiger partial charge in [0.2, 0.25) is 0 Å². The third kappa shape index (κ3) is 3.62. The fraction of sp³-hybridized carbons (Fsp3) is 0.176. The van der Waals surface area contributed by atoms with Gasteiger partial charge in [-0.25, -0.2) is 9.97 Å². The highest BCUT2D eigenvalue weighted by Crippen LogP contribution is 2.22. The van der Waals surface area contributed by atoms with E-state index >= 15 is 0 Å². The van der Waals surface area contributed by atoms with Crippen molar-refractivity contribution in [2.45, 2.75) is 6.04 Å². The molecule has 0 spiro atoms. The van der Waals surface area contributed by atoms with E-state index in [-0.39, 0.29) is 17.6 Å². The Hall–Kier alpha value is -3.46. The number of nitrogens with two attached hydrogens (primary N) is 2. The average molecular weight is 353 g/mol. The average Bonchev–Trinajstić information content (AvgIpc) is 3.11. The minimum atomic E-state index is -0.458. The van der Waals surface area contributed by atoms with Crippen LogP contribution in [0.4, 0.5) is 11.5 Å². The number of amides is 1. The maximum absolute atomic E-state index is 12.3. The molecular weight excluding hydrogens is 334 g/mol. The molecule has 0 fully saturated rings. The van der Waals surface area contributed by atoms with Gasteiger partial charge in [0.25, 0.3) is 5.91 Å². The van der Waals surface area contributed by atoms with Gasteiger partial charge < -0.3 is 21.5 Å². The molecule has 1 atom stereocenters. The van der Waals surface area contributed by atoms with Gasteiger partial charge in [-0.3, -0.25) is 9.48 Å². The topological polar surface area (TPSA) is 134 Å². The number of aromatic nitrogens is 4. The summed E-state index contributed by atoms with van der Waals surface area (Å²) >= 11 is 0. The number of nitrogens with zero attached hydrogens (tertiary/aromatic N) is 4. The summed E-state index contributed by atoms with van der Waals surface area (Å²) in [4.78, 5) is 20.1. The minimum absolute atomic E-state index is 0.0587. The molecule has 0 unspecified atom stereocenters. The maximum atomic E-state index is 12.3. The van der Waals surface area contributed by atoms with Crippen LogP contribution in [0, 0.1) is 0 Å². The molecule has 9 nitrogen and oxygen atoms in total. The Morgan fingerprint density at radius 2 is 2.15 bits per heavy atom. The van der Waals surface area contributed by atoms with Crippen LogP contribution in [0.2, 0.25) is 0 Å². The molecule has 1 amide bonds. The molecule has 0 saturated carbocycles. The largest absolute Gasteiger partial charge is 0.497 e. The van der Waals surface area contributed by atoms with Gasteiger partial charge in [-0.2, -0.15) is 5.10 Å². The van der Waals surface area contributed by atoms with Crippen molar-refractivity contribution >= 4 is 17.4 Å². The first-order valence-corrected chi connectivity index (χ1v) is 7.88. The highest BCUT2D eigenvalue weighted by molar-refractivity contribution is 6.05. The van der Waals surface area contributed by atoms with Crippen molar-refractivity contribution in [1.82, 2.24) is 19.7 Å². The third-order valence-corrected chi connectivity index (χ3v) is 3.82. The number of carbonyl (C=O) groups excluding carboxylic acids is 1. The van der Waals surface area contributed by atoms with E-state index in [0.717, 1.165) is 11.3 Å². The van der Waals surface area contributed by atoms with Crippen molar-refractivity contribution in [2.24, 2.45) is 5.73 Å². The monoisotopic (exact) mass is 353 g/mol. The Balaban J connectivity index is 1.79. The lowest BCUT2D eigenvalue weighted by molar-refractivity contribution is 0.102. The van der Waals surface area contributed by atoms with Crippen molar-refractivity contribution in [3.05, 3.63) is 60.3 Å². The van der Waals surface area contributed by atoms with E-state index in [4.69, 9.17) is 16.2 Å². The van der Waals surface area contributed by atoms with Crippen LogP contribution in [0.3, 0.4) is 0 Å². The normalized spacial score (nSPS) is 11.8. The molecule has 0 aliphatic rings. The Kier molecular flexibility index (Phi) is 5.09. The van der Waals surface area contributed by atoms with Crippen molar-refractivity contribution in [1.29, 1.82) is 0 Å². The van der Waals surface area contributed by atoms with Gasteiger partial charge in [-0.05, 0) is 17.7 Å². The first-order chi connectivity index (χ1) is 12.6. The molecule has 0 saturated heterocycles. The van der Waals surface area contributed by atoms with Gasteiger partial charge >= 0.3 is 0 Å². The van der Waals surface area contributed by atoms with E-state index < -0.39 is 5.91 Å². The van der Waals surface area contributed by atoms with Crippen LogP contribution >= 0.6 is 0 Å². The van der Waals surface area contributed by atoms with E-state index in [1.54, 1.807) is 18.0 Å². The van der Waals surface area contributed by atoms with E-state index in [0.29, 0.717) is 12.2 Å². The van der Waals surface area contributed by atoms with Crippen LogP contribution in [-0.2, 0) is 0 Å². The summed E-state index contributed by atoms with van der Waals surface area (Å²) in [6.45, 7) is 0.333. The fourth-order valence-corrected chi connectivity index (χ4v) is 2.53. The molecule has 3 rings (SSSR count). The summed E-state index contributed by atoms with van der Waals surface area (Å²) in [6.07, 6.45) is 6.06. The number of nitrogen functional groups attached to an aromatic ring is 1. The highest BCUT2D eigenvalue weighted by Gasteiger charge is 2.17. The zero-order valence-electron chi connectivity index (χ0n) is 14.2. The van der Waals surface area contributed by atoms with E-state index in [2.05, 4.69) is 20.4 Å². The van der Waals surface area contributed by atoms with Crippen LogP contribution in [0.25, 0.3) is 0 Å². The van der Waals surface area contributed by atoms with Crippen LogP contribution in [0.1, 0.15) is 22.1 Å². The van der Waals surface area contributed by atoms with Crippen molar-refractivity contribution < 1.29 is 9.53 Å². The van der Waals surface area contributed by atoms with Gasteiger partial charge in [-0.1, -0.05) is 12.1 Å². The second-order valence-electron chi connectivity index (χ2n) is 5.48. The predicted molar refractivity (Wildman–Crippen MR) is 96.8 cm³/mol. The fourth-order valence-electron chi connectivity index (χ4n) is 2.53. The highest BCUT2D eigenvalue weighted by atomic mass is 16.5. The molecule has 134 valence electrons. The lowest BCUT2D eigenvalue weighted by Gasteiger charge is -2.16. The number of carbonyl (C=O) groups is 1. The number of hydrogen-bond acceptors (Lipinski definition) is 7. The molecule has 2 heterocycles. The number of methoxy groups -OCH3 is 1. The first-order valence-electron chi connectivity index (χ1n) is 7.88. The Labute approximate surface area is 150 Å². The second kappa shape index (κ2) is 7.62. The molecule has 1 aromatic carbocycles. The SMILES string of the molecule is COc1cccc([C@@H](CN)n2cc(NC(=O)c3nccnc3N)cn2)c1. The van der Waals surface area contributed by atoms with Gasteiger partial charge in [0.1, 0.15) is 5.75 Å². The Morgan fingerprint density at radius 3 is 2.88 bits per heavy atom. The summed E-state index contributed by atoms with van der Waals surface area (Å²) in [7, 11) is 1.61. The van der Waals surface area contributed by atoms with Crippen LogP contribution in [0.15, 0.2) is 49.1 Å². The predicted octanol–water partition coefficient (Wildman–Crippen LogP) is 1.06. The maximum Gasteiger partial charge on any atom is 0.278 e. The Bertz CT molecular complexity index is 909. The lowest BCUT2D eigenvalue weighted by atomic mass is 10.1. The number of nitrogens with one attached hydrogen (secondary N) is 1. The van der Waals surface area contributed by atoms with Crippen LogP contribution < -0.4 is 21.5 Å². The van der Waals surface area contributed by atoms with Gasteiger partial charge in [0, 0.05) is 25.1 Å². The van der Waals surface area contributed by atoms with E-state index in [1.807, 2.05) is 24.3 Å². The molecule has 0 aliphatic heterocycles. The molecule has 26 heavy (non-hydrogen) atoms. The first kappa shape index (κ1) is 17.4. The summed E-state index contributed by atoms with van der Waals surface area (Å²) in [6, 6.07) is 7.40. The second-order valence-corrected chi connectivity index (χ2v) is 5.48. The third-order valence-electron chi connectivity index (χ3n) is 3.82. The summed E-state index contributed by atoms with van der Waals surface area (Å²) in [5, 5.41) is 7.00. The van der Waals surface area contributed by atoms with Crippen LogP contribution in [-0.4, -0.2) is 39.3 Å². The number of ether oxygens (including phenoxy) is 1. The van der Waals surface area contributed by atoms with Crippen molar-refractivity contribution in [3.63, 3.8) is 0 Å². The summed E-state index contributed by atoms with van der Waals surface area (Å²) in [5.74, 6) is 0.342. The molecule has 5 N–H and O–H groups in total. The molecule has 0 radical (unpaired) electrons. The van der Waals surface area contributed by atoms with Crippen molar-refractivity contribution in [2.75, 3.05) is 24.7 Å². The van der Waals surface area contributed by atoms with Crippen molar-refractivity contribution in [3.8, 4) is 5.75 Å². The number of hydrogen-bond donors (Lipinski definition) is 3. The number of benzene rings is 1. The minimum Gasteiger partial charge on any atom is -0.497 e. The standard InChI is InChI=1S/C17H19N7O2/c1-26-13-4-2-3-11(7-13)14(8-18)24-10-12(9-22-24)23-17(25)15-16(19)21-6-5-20-15/h2-7,9-10,14H,8,18H2,1H3,(H2,19,21)(H,23,25)/t14-/m1/s1. The Morgan fingerprint density at radius 1 is 1.35 bits per heavy atom. The van der Waals surface area contributed by atoms with E-state index in [1.165, 1.54) is 18.6 Å². The molecule has 9 heteroatoms. The molecule has 3 aromatic rings. The van der Waals surface area contributed by atoms with Gasteiger partial charge in [0.15, 0.2) is 11.5 Å². The lowest BCUT2D eigenvalue weighted by Crippen LogP contribution is -2.21. The quantitative estimate of drug-likeness (QED) is 0.603. The van der Waals surface area contributed by atoms with E-state index in [9.17, 15) is 4.79 Å². The number of anilines is 2. The molecular formula is C17H19N7O2.